The number of anilines is 1. The summed E-state index contributed by atoms with van der Waals surface area (Å²) in [6.45, 7) is 5.48. The molecule has 4 fully saturated rings. The van der Waals surface area contributed by atoms with Gasteiger partial charge in [-0.3, -0.25) is 34.3 Å². The zero-order valence-electron chi connectivity index (χ0n) is 19.3. The van der Waals surface area contributed by atoms with Crippen LogP contribution in [0, 0.1) is 5.92 Å². The van der Waals surface area contributed by atoms with Crippen LogP contribution in [0.1, 0.15) is 59.2 Å². The van der Waals surface area contributed by atoms with Crippen molar-refractivity contribution in [1.29, 1.82) is 0 Å². The third-order valence-electron chi connectivity index (χ3n) is 8.25. The van der Waals surface area contributed by atoms with Crippen molar-refractivity contribution in [3.8, 4) is 0 Å². The van der Waals surface area contributed by atoms with Crippen LogP contribution in [-0.2, 0) is 9.59 Å². The van der Waals surface area contributed by atoms with Crippen LogP contribution in [0.5, 0.6) is 0 Å². The summed E-state index contributed by atoms with van der Waals surface area (Å²) in [5.74, 6) is -1.05. The lowest BCUT2D eigenvalue weighted by molar-refractivity contribution is -0.136. The maximum Gasteiger partial charge on any atom is 0.262 e. The summed E-state index contributed by atoms with van der Waals surface area (Å²) in [7, 11) is 0. The second kappa shape index (κ2) is 8.46. The van der Waals surface area contributed by atoms with Gasteiger partial charge in [-0.15, -0.1) is 0 Å². The number of carbonyl (C=O) groups excluding carboxylic acids is 4. The second-order valence-corrected chi connectivity index (χ2v) is 10.4. The molecule has 0 saturated carbocycles. The lowest BCUT2D eigenvalue weighted by Crippen LogP contribution is -2.55. The molecule has 9 nitrogen and oxygen atoms in total. The number of fused-ring (bicyclic) bond motifs is 3. The fraction of sp³-hybridized carbons (Fsp3) is 0.600. The summed E-state index contributed by atoms with van der Waals surface area (Å²) < 4.78 is 0. The van der Waals surface area contributed by atoms with Gasteiger partial charge in [-0.1, -0.05) is 0 Å². The quantitative estimate of drug-likeness (QED) is 0.633. The van der Waals surface area contributed by atoms with Crippen LogP contribution in [0.4, 0.5) is 5.69 Å². The molecule has 2 N–H and O–H groups in total. The third kappa shape index (κ3) is 3.62. The lowest BCUT2D eigenvalue weighted by Gasteiger charge is -2.44. The van der Waals surface area contributed by atoms with Crippen LogP contribution in [0.15, 0.2) is 18.2 Å². The highest BCUT2D eigenvalue weighted by Crippen LogP contribution is 2.38. The maximum atomic E-state index is 13.2. The number of piperazine rings is 1. The van der Waals surface area contributed by atoms with Crippen molar-refractivity contribution in [3.05, 3.63) is 29.3 Å². The first-order chi connectivity index (χ1) is 16.5. The molecule has 0 radical (unpaired) electrons. The van der Waals surface area contributed by atoms with E-state index in [2.05, 4.69) is 20.4 Å². The van der Waals surface area contributed by atoms with Crippen molar-refractivity contribution in [2.75, 3.05) is 37.6 Å². The summed E-state index contributed by atoms with van der Waals surface area (Å²) >= 11 is 0. The smallest absolute Gasteiger partial charge is 0.262 e. The molecule has 6 rings (SSSR count). The predicted octanol–water partition coefficient (Wildman–Crippen LogP) is 0.740. The number of hydrogen-bond acceptors (Lipinski definition) is 7. The van der Waals surface area contributed by atoms with E-state index in [4.69, 9.17) is 0 Å². The van der Waals surface area contributed by atoms with Crippen LogP contribution in [0.3, 0.4) is 0 Å². The molecule has 0 spiro atoms. The third-order valence-corrected chi connectivity index (χ3v) is 8.25. The Morgan fingerprint density at radius 3 is 2.26 bits per heavy atom. The molecule has 34 heavy (non-hydrogen) atoms. The van der Waals surface area contributed by atoms with Gasteiger partial charge >= 0.3 is 0 Å². The number of amides is 4. The summed E-state index contributed by atoms with van der Waals surface area (Å²) in [5, 5.41) is 5.70. The average Bonchev–Trinajstić information content (AvgIpc) is 3.24. The van der Waals surface area contributed by atoms with E-state index in [1.54, 1.807) is 6.07 Å². The van der Waals surface area contributed by atoms with Gasteiger partial charge in [0.2, 0.25) is 11.8 Å². The van der Waals surface area contributed by atoms with E-state index in [1.807, 2.05) is 12.1 Å². The molecule has 4 saturated heterocycles. The Morgan fingerprint density at radius 1 is 0.853 bits per heavy atom. The van der Waals surface area contributed by atoms with Crippen molar-refractivity contribution in [2.45, 2.75) is 56.7 Å². The van der Waals surface area contributed by atoms with Crippen LogP contribution in [0.2, 0.25) is 0 Å². The second-order valence-electron chi connectivity index (χ2n) is 10.4. The van der Waals surface area contributed by atoms with Crippen LogP contribution in [0.25, 0.3) is 0 Å². The van der Waals surface area contributed by atoms with Crippen molar-refractivity contribution in [3.63, 3.8) is 0 Å². The van der Waals surface area contributed by atoms with Crippen molar-refractivity contribution >= 4 is 29.3 Å². The van der Waals surface area contributed by atoms with E-state index < -0.39 is 23.8 Å². The number of rotatable bonds is 4. The molecule has 180 valence electrons. The minimum atomic E-state index is -0.928. The van der Waals surface area contributed by atoms with Crippen LogP contribution < -0.4 is 15.5 Å². The fourth-order valence-electron chi connectivity index (χ4n) is 6.61. The van der Waals surface area contributed by atoms with E-state index in [0.29, 0.717) is 23.2 Å². The molecule has 5 heterocycles. The molecule has 2 bridgehead atoms. The minimum Gasteiger partial charge on any atom is -0.363 e. The molecule has 1 aromatic rings. The summed E-state index contributed by atoms with van der Waals surface area (Å²) in [6.07, 6.45) is 5.08. The van der Waals surface area contributed by atoms with E-state index in [1.165, 1.54) is 19.4 Å². The standard InChI is InChI=1S/C25H31N5O4/c31-22-6-5-21(23(32)27-22)30-24(33)19-4-3-16(11-20(19)25(30)34)29-17-1-2-18(29)14-28(13-17)12-15-7-9-26-10-8-15/h3-4,11,15,17-18,21,26H,1-2,5-10,12-14H2,(H,27,31,32). The Bertz CT molecular complexity index is 1040. The SMILES string of the molecule is O=C1CCC(N2C(=O)c3ccc(N4C5CCC4CN(CC4CCNCC4)C5)cc3C2=O)C(=O)N1. The highest BCUT2D eigenvalue weighted by molar-refractivity contribution is 6.23. The molecule has 5 aliphatic rings. The zero-order chi connectivity index (χ0) is 23.4. The van der Waals surface area contributed by atoms with Crippen LogP contribution in [-0.4, -0.2) is 84.3 Å². The van der Waals surface area contributed by atoms with Gasteiger partial charge in [0.15, 0.2) is 0 Å². The molecule has 9 heteroatoms. The van der Waals surface area contributed by atoms with Crippen LogP contribution >= 0.6 is 0 Å². The number of imide groups is 2. The van der Waals surface area contributed by atoms with E-state index in [0.717, 1.165) is 55.5 Å². The van der Waals surface area contributed by atoms with Crippen molar-refractivity contribution in [2.24, 2.45) is 5.92 Å². The van der Waals surface area contributed by atoms with Gasteiger partial charge in [0, 0.05) is 43.8 Å². The van der Waals surface area contributed by atoms with Crippen molar-refractivity contribution < 1.29 is 19.2 Å². The Labute approximate surface area is 198 Å². The molecule has 0 aliphatic carbocycles. The van der Waals surface area contributed by atoms with Gasteiger partial charge in [-0.2, -0.15) is 0 Å². The zero-order valence-corrected chi connectivity index (χ0v) is 19.3. The number of piperidine rings is 2. The number of nitrogens with zero attached hydrogens (tertiary/aromatic N) is 3. The number of benzene rings is 1. The van der Waals surface area contributed by atoms with Gasteiger partial charge in [0.25, 0.3) is 11.8 Å². The first-order valence-corrected chi connectivity index (χ1v) is 12.6. The summed E-state index contributed by atoms with van der Waals surface area (Å²) in [4.78, 5) is 56.2. The van der Waals surface area contributed by atoms with Gasteiger partial charge < -0.3 is 10.2 Å². The molecule has 3 unspecified atom stereocenters. The molecule has 1 aromatic carbocycles. The topological polar surface area (TPSA) is 102 Å². The fourth-order valence-corrected chi connectivity index (χ4v) is 6.61. The van der Waals surface area contributed by atoms with E-state index in [9.17, 15) is 19.2 Å². The number of hydrogen-bond donors (Lipinski definition) is 2. The van der Waals surface area contributed by atoms with E-state index in [-0.39, 0.29) is 18.7 Å². The Balaban J connectivity index is 1.19. The molecule has 3 atom stereocenters. The Kier molecular flexibility index (Phi) is 5.41. The Hall–Kier alpha value is -2.78. The summed E-state index contributed by atoms with van der Waals surface area (Å²) in [6, 6.07) is 5.43. The van der Waals surface area contributed by atoms with Gasteiger partial charge in [-0.05, 0) is 69.3 Å². The molecular formula is C25H31N5O4. The number of likely N-dealkylation sites (tertiary alicyclic amines) is 1. The Morgan fingerprint density at radius 2 is 1.56 bits per heavy atom. The first-order valence-electron chi connectivity index (χ1n) is 12.6. The highest BCUT2D eigenvalue weighted by Gasteiger charge is 2.46. The number of nitrogens with one attached hydrogen (secondary N) is 2. The van der Waals surface area contributed by atoms with E-state index >= 15 is 0 Å². The largest absolute Gasteiger partial charge is 0.363 e. The van der Waals surface area contributed by atoms with Gasteiger partial charge in [0.05, 0.1) is 11.1 Å². The maximum absolute atomic E-state index is 13.2. The molecule has 0 aromatic heterocycles. The molecule has 5 aliphatic heterocycles. The monoisotopic (exact) mass is 465 g/mol. The van der Waals surface area contributed by atoms with Crippen molar-refractivity contribution in [1.82, 2.24) is 20.4 Å². The van der Waals surface area contributed by atoms with Gasteiger partial charge in [-0.25, -0.2) is 0 Å². The highest BCUT2D eigenvalue weighted by atomic mass is 16.2. The first kappa shape index (κ1) is 21.7. The normalized spacial score (nSPS) is 30.2. The summed E-state index contributed by atoms with van der Waals surface area (Å²) in [5.41, 5.74) is 1.69. The molecule has 4 amide bonds. The molecular weight excluding hydrogens is 434 g/mol. The number of carbonyl (C=O) groups is 4. The van der Waals surface area contributed by atoms with Gasteiger partial charge in [0.1, 0.15) is 6.04 Å². The average molecular weight is 466 g/mol. The minimum absolute atomic E-state index is 0.125. The lowest BCUT2D eigenvalue weighted by atomic mass is 9.96. The predicted molar refractivity (Wildman–Crippen MR) is 124 cm³/mol.